The van der Waals surface area contributed by atoms with Gasteiger partial charge in [-0.2, -0.15) is 0 Å². The number of hydrogen-bond donors (Lipinski definition) is 2. The molecule has 0 spiro atoms. The summed E-state index contributed by atoms with van der Waals surface area (Å²) in [5, 5.41) is 6.56. The van der Waals surface area contributed by atoms with Gasteiger partial charge in [-0.05, 0) is 67.6 Å². The molecule has 0 saturated carbocycles. The van der Waals surface area contributed by atoms with E-state index in [-0.39, 0.29) is 24.0 Å². The molecule has 2 atom stereocenters. The number of nitrogens with zero attached hydrogens (tertiary/aromatic N) is 1. The monoisotopic (exact) mass is 503 g/mol. The molecule has 0 fully saturated rings. The van der Waals surface area contributed by atoms with Gasteiger partial charge in [-0.15, -0.1) is 0 Å². The molecule has 4 aromatic rings. The molecular formula is C33H33N3O2. The van der Waals surface area contributed by atoms with E-state index >= 15 is 0 Å². The zero-order chi connectivity index (χ0) is 26.3. The average Bonchev–Trinajstić information content (AvgIpc) is 3.24. The first kappa shape index (κ1) is 25.3. The van der Waals surface area contributed by atoms with Crippen molar-refractivity contribution >= 4 is 17.5 Å². The van der Waals surface area contributed by atoms with E-state index in [9.17, 15) is 9.59 Å². The predicted molar refractivity (Wildman–Crippen MR) is 152 cm³/mol. The van der Waals surface area contributed by atoms with Gasteiger partial charge in [0.1, 0.15) is 6.17 Å². The van der Waals surface area contributed by atoms with Crippen LogP contribution in [0.5, 0.6) is 0 Å². The molecule has 1 heterocycles. The van der Waals surface area contributed by atoms with Crippen LogP contribution in [0.4, 0.5) is 5.69 Å². The van der Waals surface area contributed by atoms with E-state index in [4.69, 9.17) is 0 Å². The van der Waals surface area contributed by atoms with Gasteiger partial charge in [0, 0.05) is 35.0 Å². The van der Waals surface area contributed by atoms with Gasteiger partial charge in [-0.25, -0.2) is 0 Å². The Hall–Kier alpha value is -4.38. The minimum Gasteiger partial charge on any atom is -0.361 e. The highest BCUT2D eigenvalue weighted by Gasteiger charge is 2.39. The van der Waals surface area contributed by atoms with Gasteiger partial charge >= 0.3 is 0 Å². The minimum absolute atomic E-state index is 0.0438. The van der Waals surface area contributed by atoms with Crippen LogP contribution in [0.3, 0.4) is 0 Å². The summed E-state index contributed by atoms with van der Waals surface area (Å²) in [5.74, 6) is -0.0434. The lowest BCUT2D eigenvalue weighted by Gasteiger charge is -2.32. The van der Waals surface area contributed by atoms with Crippen molar-refractivity contribution in [3.63, 3.8) is 0 Å². The van der Waals surface area contributed by atoms with Crippen LogP contribution < -0.4 is 10.6 Å². The van der Waals surface area contributed by atoms with E-state index < -0.39 is 0 Å². The molecule has 5 nitrogen and oxygen atoms in total. The van der Waals surface area contributed by atoms with E-state index in [1.165, 1.54) is 11.1 Å². The summed E-state index contributed by atoms with van der Waals surface area (Å²) in [6, 6.07) is 35.8. The fourth-order valence-corrected chi connectivity index (χ4v) is 5.04. The van der Waals surface area contributed by atoms with Crippen molar-refractivity contribution in [2.24, 2.45) is 0 Å². The number of carbonyl (C=O) groups excluding carboxylic acids is 2. The highest BCUT2D eigenvalue weighted by molar-refractivity contribution is 6.00. The maximum Gasteiger partial charge on any atom is 0.256 e. The molecule has 2 unspecified atom stereocenters. The second-order valence-electron chi connectivity index (χ2n) is 9.79. The van der Waals surface area contributed by atoms with Gasteiger partial charge < -0.3 is 15.5 Å². The van der Waals surface area contributed by atoms with Crippen LogP contribution in [-0.2, 0) is 12.8 Å². The molecule has 0 aliphatic carbocycles. The normalized spacial score (nSPS) is 15.1. The van der Waals surface area contributed by atoms with Gasteiger partial charge in [0.25, 0.3) is 11.8 Å². The highest BCUT2D eigenvalue weighted by atomic mass is 16.2. The van der Waals surface area contributed by atoms with Gasteiger partial charge in [-0.3, -0.25) is 9.59 Å². The van der Waals surface area contributed by atoms with Crippen molar-refractivity contribution in [3.05, 3.63) is 137 Å². The van der Waals surface area contributed by atoms with E-state index in [2.05, 4.69) is 54.0 Å². The van der Waals surface area contributed by atoms with Crippen LogP contribution in [0.2, 0.25) is 0 Å². The Morgan fingerprint density at radius 3 is 2.08 bits per heavy atom. The number of benzene rings is 4. The zero-order valence-electron chi connectivity index (χ0n) is 21.6. The Morgan fingerprint density at radius 2 is 1.39 bits per heavy atom. The first-order valence-corrected chi connectivity index (χ1v) is 13.2. The molecular weight excluding hydrogens is 470 g/mol. The molecule has 0 bridgehead atoms. The van der Waals surface area contributed by atoms with Crippen molar-refractivity contribution in [3.8, 4) is 0 Å². The molecule has 192 valence electrons. The van der Waals surface area contributed by atoms with Crippen LogP contribution in [-0.4, -0.2) is 29.3 Å². The molecule has 0 saturated heterocycles. The van der Waals surface area contributed by atoms with Gasteiger partial charge in [-0.1, -0.05) is 78.9 Å². The first-order chi connectivity index (χ1) is 18.6. The number of hydrogen-bond acceptors (Lipinski definition) is 3. The van der Waals surface area contributed by atoms with Crippen molar-refractivity contribution in [1.82, 2.24) is 10.2 Å². The second kappa shape index (κ2) is 11.8. The van der Waals surface area contributed by atoms with Crippen LogP contribution in [0.25, 0.3) is 0 Å². The molecule has 2 amide bonds. The van der Waals surface area contributed by atoms with E-state index in [0.717, 1.165) is 36.1 Å². The summed E-state index contributed by atoms with van der Waals surface area (Å²) in [4.78, 5) is 28.0. The summed E-state index contributed by atoms with van der Waals surface area (Å²) in [7, 11) is 0. The zero-order valence-corrected chi connectivity index (χ0v) is 21.6. The topological polar surface area (TPSA) is 61.4 Å². The standard InChI is InChI=1S/C33H33N3O2/c1-24(16-17-25-10-4-2-5-11-25)36-31(29-14-8-9-15-30(29)33(36)38)35-28-20-18-27(19-21-28)32(37)34-23-22-26-12-6-3-7-13-26/h2-15,18-21,24,31,35H,16-17,22-23H2,1H3,(H,34,37). The molecule has 0 aromatic heterocycles. The van der Waals surface area contributed by atoms with Crippen LogP contribution in [0.1, 0.15) is 56.9 Å². The van der Waals surface area contributed by atoms with Crippen LogP contribution >= 0.6 is 0 Å². The largest absolute Gasteiger partial charge is 0.361 e. The lowest BCUT2D eigenvalue weighted by Crippen LogP contribution is -2.39. The van der Waals surface area contributed by atoms with Crippen molar-refractivity contribution in [2.45, 2.75) is 38.4 Å². The number of aryl methyl sites for hydroxylation is 1. The van der Waals surface area contributed by atoms with Gasteiger partial charge in [0.05, 0.1) is 0 Å². The minimum atomic E-state index is -0.268. The molecule has 1 aliphatic heterocycles. The van der Waals surface area contributed by atoms with E-state index in [0.29, 0.717) is 12.1 Å². The lowest BCUT2D eigenvalue weighted by molar-refractivity contribution is 0.0659. The van der Waals surface area contributed by atoms with Crippen LogP contribution in [0.15, 0.2) is 109 Å². The molecule has 2 N–H and O–H groups in total. The number of fused-ring (bicyclic) bond motifs is 1. The number of anilines is 1. The SMILES string of the molecule is CC(CCc1ccccc1)N1C(=O)c2ccccc2C1Nc1ccc(C(=O)NCCc2ccccc2)cc1. The molecule has 38 heavy (non-hydrogen) atoms. The molecule has 0 radical (unpaired) electrons. The van der Waals surface area contributed by atoms with Crippen molar-refractivity contribution in [1.29, 1.82) is 0 Å². The fourth-order valence-electron chi connectivity index (χ4n) is 5.04. The quantitative estimate of drug-likeness (QED) is 0.269. The second-order valence-corrected chi connectivity index (χ2v) is 9.79. The number of rotatable bonds is 10. The fraction of sp³-hybridized carbons (Fsp3) is 0.212. The van der Waals surface area contributed by atoms with Gasteiger partial charge in [0.2, 0.25) is 0 Å². The molecule has 5 heteroatoms. The maximum absolute atomic E-state index is 13.4. The average molecular weight is 504 g/mol. The summed E-state index contributed by atoms with van der Waals surface area (Å²) in [5.41, 5.74) is 5.66. The molecule has 4 aromatic carbocycles. The third-order valence-corrected chi connectivity index (χ3v) is 7.16. The predicted octanol–water partition coefficient (Wildman–Crippen LogP) is 6.25. The smallest absolute Gasteiger partial charge is 0.256 e. The van der Waals surface area contributed by atoms with Gasteiger partial charge in [0.15, 0.2) is 0 Å². The Bertz CT molecular complexity index is 1370. The Morgan fingerprint density at radius 1 is 0.789 bits per heavy atom. The van der Waals surface area contributed by atoms with Crippen molar-refractivity contribution in [2.75, 3.05) is 11.9 Å². The number of amides is 2. The summed E-state index contributed by atoms with van der Waals surface area (Å²) in [6.45, 7) is 2.70. The molecule has 1 aliphatic rings. The van der Waals surface area contributed by atoms with E-state index in [1.807, 2.05) is 77.7 Å². The number of nitrogens with one attached hydrogen (secondary N) is 2. The Labute approximate surface area is 224 Å². The summed E-state index contributed by atoms with van der Waals surface area (Å²) < 4.78 is 0. The molecule has 5 rings (SSSR count). The summed E-state index contributed by atoms with van der Waals surface area (Å²) >= 11 is 0. The van der Waals surface area contributed by atoms with Crippen molar-refractivity contribution < 1.29 is 9.59 Å². The Balaban J connectivity index is 1.25. The third kappa shape index (κ3) is 5.78. The summed E-state index contributed by atoms with van der Waals surface area (Å²) in [6.07, 6.45) is 2.29. The van der Waals surface area contributed by atoms with Crippen LogP contribution in [0, 0.1) is 0 Å². The maximum atomic E-state index is 13.4. The first-order valence-electron chi connectivity index (χ1n) is 13.2. The highest BCUT2D eigenvalue weighted by Crippen LogP contribution is 2.36. The third-order valence-electron chi connectivity index (χ3n) is 7.16. The number of carbonyl (C=O) groups is 2. The Kier molecular flexibility index (Phi) is 7.84. The lowest BCUT2D eigenvalue weighted by atomic mass is 10.0. The van der Waals surface area contributed by atoms with E-state index in [1.54, 1.807) is 0 Å².